The first-order valence-corrected chi connectivity index (χ1v) is 9.27. The largest absolute Gasteiger partial charge is 0.493 e. The Kier molecular flexibility index (Phi) is 5.25. The lowest BCUT2D eigenvalue weighted by atomic mass is 10.1. The molecule has 3 aromatic rings. The van der Waals surface area contributed by atoms with E-state index in [0.717, 1.165) is 11.3 Å². The SMILES string of the molecule is CC[C@H](c1ccc(C)o1)N(N)c1c(Nc2csc(C(=O)O)c2OC)c(=O)c1=O. The Balaban J connectivity index is 1.96. The second kappa shape index (κ2) is 7.49. The minimum atomic E-state index is -1.15. The third-order valence-corrected chi connectivity index (χ3v) is 5.31. The van der Waals surface area contributed by atoms with Gasteiger partial charge in [-0.15, -0.1) is 11.3 Å². The fraction of sp³-hybridized carbons (Fsp3) is 0.278. The molecule has 2 aromatic heterocycles. The number of ether oxygens (including phenoxy) is 1. The number of carbonyl (C=O) groups is 1. The van der Waals surface area contributed by atoms with Crippen LogP contribution in [0.15, 0.2) is 31.5 Å². The minimum absolute atomic E-state index is 0.0102. The van der Waals surface area contributed by atoms with Crippen LogP contribution in [0.1, 0.15) is 40.6 Å². The van der Waals surface area contributed by atoms with Gasteiger partial charge in [0.05, 0.1) is 12.8 Å². The normalized spacial score (nSPS) is 12.1. The molecule has 4 N–H and O–H groups in total. The van der Waals surface area contributed by atoms with Crippen LogP contribution < -0.4 is 31.8 Å². The molecule has 9 nitrogen and oxygen atoms in total. The molecular formula is C18H19N3O6S. The number of nitrogens with two attached hydrogens (primary N) is 1. The summed E-state index contributed by atoms with van der Waals surface area (Å²) in [5, 5.41) is 14.7. The second-order valence-electron chi connectivity index (χ2n) is 6.10. The monoisotopic (exact) mass is 405 g/mol. The van der Waals surface area contributed by atoms with Crippen molar-refractivity contribution in [1.82, 2.24) is 0 Å². The lowest BCUT2D eigenvalue weighted by Gasteiger charge is -2.29. The quantitative estimate of drug-likeness (QED) is 0.293. The molecule has 10 heteroatoms. The molecule has 2 heterocycles. The fourth-order valence-electron chi connectivity index (χ4n) is 2.98. The zero-order valence-corrected chi connectivity index (χ0v) is 16.3. The van der Waals surface area contributed by atoms with Crippen LogP contribution in [-0.4, -0.2) is 18.2 Å². The van der Waals surface area contributed by atoms with E-state index < -0.39 is 22.9 Å². The minimum Gasteiger partial charge on any atom is -0.493 e. The zero-order chi connectivity index (χ0) is 20.6. The predicted octanol–water partition coefficient (Wildman–Crippen LogP) is 2.53. The number of hydrogen-bond acceptors (Lipinski definition) is 9. The number of nitrogens with zero attached hydrogens (tertiary/aromatic N) is 1. The summed E-state index contributed by atoms with van der Waals surface area (Å²) >= 11 is 0.942. The molecule has 0 spiro atoms. The van der Waals surface area contributed by atoms with Gasteiger partial charge in [0.15, 0.2) is 10.6 Å². The number of anilines is 3. The summed E-state index contributed by atoms with van der Waals surface area (Å²) < 4.78 is 10.7. The molecule has 0 fully saturated rings. The molecule has 148 valence electrons. The predicted molar refractivity (Wildman–Crippen MR) is 106 cm³/mol. The summed E-state index contributed by atoms with van der Waals surface area (Å²) in [7, 11) is 1.32. The zero-order valence-electron chi connectivity index (χ0n) is 15.4. The van der Waals surface area contributed by atoms with Crippen LogP contribution in [0.25, 0.3) is 0 Å². The number of thiophene rings is 1. The van der Waals surface area contributed by atoms with Gasteiger partial charge in [0, 0.05) is 5.38 Å². The first kappa shape index (κ1) is 19.6. The van der Waals surface area contributed by atoms with Gasteiger partial charge in [-0.1, -0.05) is 6.92 Å². The van der Waals surface area contributed by atoms with Crippen LogP contribution in [0.5, 0.6) is 5.75 Å². The standard InChI is InChI=1S/C18H19N3O6S/c1-4-10(11-6-5-8(2)27-11)21(19)13-12(14(22)15(13)23)20-9-7-28-17(18(24)25)16(9)26-3/h5-7,10,20H,4,19H2,1-3H3,(H,24,25)/t10-/m1/s1. The van der Waals surface area contributed by atoms with E-state index in [1.807, 2.05) is 6.92 Å². The lowest BCUT2D eigenvalue weighted by molar-refractivity contribution is 0.0699. The summed E-state index contributed by atoms with van der Waals surface area (Å²) in [6, 6.07) is 3.11. The molecule has 0 radical (unpaired) electrons. The van der Waals surface area contributed by atoms with Crippen molar-refractivity contribution in [2.45, 2.75) is 26.3 Å². The van der Waals surface area contributed by atoms with Crippen molar-refractivity contribution < 1.29 is 19.1 Å². The maximum Gasteiger partial charge on any atom is 0.349 e. The second-order valence-corrected chi connectivity index (χ2v) is 6.98. The highest BCUT2D eigenvalue weighted by Crippen LogP contribution is 2.39. The average Bonchev–Trinajstić information content (AvgIpc) is 3.27. The van der Waals surface area contributed by atoms with Gasteiger partial charge in [0.25, 0.3) is 10.9 Å². The molecule has 0 bridgehead atoms. The van der Waals surface area contributed by atoms with Gasteiger partial charge in [0.1, 0.15) is 28.9 Å². The number of carboxylic acids is 1. The van der Waals surface area contributed by atoms with Crippen molar-refractivity contribution in [1.29, 1.82) is 0 Å². The van der Waals surface area contributed by atoms with Gasteiger partial charge in [-0.2, -0.15) is 0 Å². The Hall–Kier alpha value is -3.11. The Bertz CT molecular complexity index is 1090. The number of methoxy groups -OCH3 is 1. The van der Waals surface area contributed by atoms with E-state index in [2.05, 4.69) is 5.32 Å². The summed E-state index contributed by atoms with van der Waals surface area (Å²) in [5.74, 6) is 6.38. The maximum atomic E-state index is 12.2. The summed E-state index contributed by atoms with van der Waals surface area (Å²) in [5.41, 5.74) is -1.19. The Morgan fingerprint density at radius 1 is 1.39 bits per heavy atom. The lowest BCUT2D eigenvalue weighted by Crippen LogP contribution is -2.47. The van der Waals surface area contributed by atoms with E-state index in [-0.39, 0.29) is 27.7 Å². The third-order valence-electron chi connectivity index (χ3n) is 4.36. The molecule has 28 heavy (non-hydrogen) atoms. The Morgan fingerprint density at radius 2 is 2.11 bits per heavy atom. The highest BCUT2D eigenvalue weighted by atomic mass is 32.1. The first-order chi connectivity index (χ1) is 13.3. The van der Waals surface area contributed by atoms with E-state index in [1.54, 1.807) is 19.1 Å². The number of nitrogens with one attached hydrogen (secondary N) is 1. The van der Waals surface area contributed by atoms with Crippen LogP contribution in [0.4, 0.5) is 17.1 Å². The van der Waals surface area contributed by atoms with E-state index in [0.29, 0.717) is 17.9 Å². The van der Waals surface area contributed by atoms with Gasteiger partial charge < -0.3 is 19.6 Å². The van der Waals surface area contributed by atoms with Crippen molar-refractivity contribution in [3.05, 3.63) is 54.4 Å². The molecule has 1 aromatic carbocycles. The summed E-state index contributed by atoms with van der Waals surface area (Å²) in [6.07, 6.45) is 0.534. The van der Waals surface area contributed by atoms with E-state index in [4.69, 9.17) is 15.0 Å². The Labute approximate surface area is 163 Å². The number of furan rings is 1. The van der Waals surface area contributed by atoms with Crippen molar-refractivity contribution in [2.24, 2.45) is 5.84 Å². The molecule has 0 saturated heterocycles. The van der Waals surface area contributed by atoms with E-state index in [1.165, 1.54) is 17.5 Å². The molecule has 0 amide bonds. The van der Waals surface area contributed by atoms with Crippen molar-refractivity contribution >= 4 is 34.4 Å². The van der Waals surface area contributed by atoms with Crippen LogP contribution in [0.2, 0.25) is 0 Å². The van der Waals surface area contributed by atoms with Gasteiger partial charge in [-0.05, 0) is 25.5 Å². The van der Waals surface area contributed by atoms with Gasteiger partial charge in [0.2, 0.25) is 0 Å². The third kappa shape index (κ3) is 3.16. The number of aryl methyl sites for hydroxylation is 1. The highest BCUT2D eigenvalue weighted by molar-refractivity contribution is 7.13. The molecule has 1 atom stereocenters. The molecule has 0 saturated carbocycles. The Morgan fingerprint density at radius 3 is 2.64 bits per heavy atom. The summed E-state index contributed by atoms with van der Waals surface area (Å²) in [4.78, 5) is 35.6. The number of rotatable bonds is 8. The fourth-order valence-corrected chi connectivity index (χ4v) is 3.79. The molecule has 0 aliphatic rings. The van der Waals surface area contributed by atoms with Crippen molar-refractivity contribution in [3.63, 3.8) is 0 Å². The number of hydrazine groups is 1. The number of aromatic carboxylic acids is 1. The number of hydrogen-bond donors (Lipinski definition) is 3. The van der Waals surface area contributed by atoms with E-state index >= 15 is 0 Å². The summed E-state index contributed by atoms with van der Waals surface area (Å²) in [6.45, 7) is 3.67. The molecule has 0 aliphatic carbocycles. The molecule has 0 aliphatic heterocycles. The van der Waals surface area contributed by atoms with Gasteiger partial charge in [-0.25, -0.2) is 10.6 Å². The van der Waals surface area contributed by atoms with Crippen LogP contribution >= 0.6 is 11.3 Å². The molecule has 0 unspecified atom stereocenters. The van der Waals surface area contributed by atoms with Gasteiger partial charge >= 0.3 is 5.97 Å². The van der Waals surface area contributed by atoms with Crippen LogP contribution in [0, 0.1) is 6.92 Å². The first-order valence-electron chi connectivity index (χ1n) is 8.39. The highest BCUT2D eigenvalue weighted by Gasteiger charge is 2.31. The topological polar surface area (TPSA) is 135 Å². The van der Waals surface area contributed by atoms with E-state index in [9.17, 15) is 19.5 Å². The van der Waals surface area contributed by atoms with Crippen LogP contribution in [0.3, 0.4) is 0 Å². The van der Waals surface area contributed by atoms with Gasteiger partial charge in [-0.3, -0.25) is 14.6 Å². The smallest absolute Gasteiger partial charge is 0.349 e. The molecular weight excluding hydrogens is 386 g/mol. The number of carboxylic acid groups (broad SMARTS) is 1. The van der Waals surface area contributed by atoms with Crippen molar-refractivity contribution in [2.75, 3.05) is 17.4 Å². The van der Waals surface area contributed by atoms with Crippen LogP contribution in [-0.2, 0) is 0 Å². The molecule has 3 rings (SSSR count). The maximum absolute atomic E-state index is 12.2. The average molecular weight is 405 g/mol. The van der Waals surface area contributed by atoms with Crippen molar-refractivity contribution in [3.8, 4) is 5.75 Å².